The minimum Gasteiger partial charge on any atom is -0.398 e. The van der Waals surface area contributed by atoms with Crippen LogP contribution in [0.5, 0.6) is 0 Å². The van der Waals surface area contributed by atoms with Gasteiger partial charge in [-0.15, -0.1) is 0 Å². The molecule has 0 amide bonds. The lowest BCUT2D eigenvalue weighted by molar-refractivity contribution is 0.798. The van der Waals surface area contributed by atoms with E-state index in [0.717, 1.165) is 5.69 Å². The monoisotopic (exact) mass is 303 g/mol. The van der Waals surface area contributed by atoms with Crippen molar-refractivity contribution in [3.05, 3.63) is 28.8 Å². The van der Waals surface area contributed by atoms with E-state index in [4.69, 9.17) is 5.73 Å². The summed E-state index contributed by atoms with van der Waals surface area (Å²) in [6.45, 7) is 6.39. The van der Waals surface area contributed by atoms with Crippen molar-refractivity contribution in [2.75, 3.05) is 5.73 Å². The van der Waals surface area contributed by atoms with E-state index in [1.807, 2.05) is 0 Å². The molecule has 2 heteroatoms. The smallest absolute Gasteiger partial charge is 0.0373 e. The highest BCUT2D eigenvalue weighted by Gasteiger charge is 2.08. The second kappa shape index (κ2) is 5.01. The predicted octanol–water partition coefficient (Wildman–Crippen LogP) is 4.16. The van der Waals surface area contributed by atoms with Crippen LogP contribution in [0.15, 0.2) is 12.1 Å². The molecule has 0 fully saturated rings. The fourth-order valence-corrected chi connectivity index (χ4v) is 2.59. The first-order valence-electron chi connectivity index (χ1n) is 5.07. The highest BCUT2D eigenvalue weighted by molar-refractivity contribution is 14.1. The lowest BCUT2D eigenvalue weighted by Crippen LogP contribution is -1.97. The highest BCUT2D eigenvalue weighted by Crippen LogP contribution is 2.31. The number of halogens is 1. The van der Waals surface area contributed by atoms with Crippen LogP contribution < -0.4 is 5.73 Å². The van der Waals surface area contributed by atoms with E-state index in [0.29, 0.717) is 3.92 Å². The Bertz CT molecular complexity index is 297. The van der Waals surface area contributed by atoms with Crippen LogP contribution in [0.4, 0.5) is 5.69 Å². The number of aryl methyl sites for hydroxylation is 2. The quantitative estimate of drug-likeness (QED) is 0.506. The molecule has 0 saturated carbocycles. The van der Waals surface area contributed by atoms with Gasteiger partial charge in [-0.1, -0.05) is 48.1 Å². The van der Waals surface area contributed by atoms with Gasteiger partial charge in [-0.2, -0.15) is 0 Å². The molecule has 14 heavy (non-hydrogen) atoms. The van der Waals surface area contributed by atoms with Crippen molar-refractivity contribution in [2.24, 2.45) is 0 Å². The summed E-state index contributed by atoms with van der Waals surface area (Å²) in [7, 11) is 0. The molecule has 1 nitrogen and oxygen atoms in total. The van der Waals surface area contributed by atoms with Crippen molar-refractivity contribution in [3.63, 3.8) is 0 Å². The zero-order valence-corrected chi connectivity index (χ0v) is 11.3. The molecule has 1 rings (SSSR count). The Balaban J connectivity index is 3.00. The average Bonchev–Trinajstić information content (AvgIpc) is 2.13. The Hall–Kier alpha value is -0.250. The summed E-state index contributed by atoms with van der Waals surface area (Å²) in [6.07, 6.45) is 2.47. The third kappa shape index (κ3) is 2.62. The molecule has 0 aromatic heterocycles. The molecule has 0 radical (unpaired) electrons. The minimum absolute atomic E-state index is 0.621. The van der Waals surface area contributed by atoms with Crippen LogP contribution in [0.2, 0.25) is 0 Å². The Morgan fingerprint density at radius 2 is 1.79 bits per heavy atom. The van der Waals surface area contributed by atoms with Crippen LogP contribution in [0.1, 0.15) is 40.4 Å². The zero-order chi connectivity index (χ0) is 10.7. The maximum absolute atomic E-state index is 5.92. The normalized spacial score (nSPS) is 12.9. The van der Waals surface area contributed by atoms with E-state index in [1.54, 1.807) is 0 Å². The van der Waals surface area contributed by atoms with Gasteiger partial charge in [0.15, 0.2) is 0 Å². The third-order valence-electron chi connectivity index (χ3n) is 2.52. The maximum Gasteiger partial charge on any atom is 0.0373 e. The molecule has 0 spiro atoms. The molecule has 1 aromatic carbocycles. The molecule has 0 aliphatic carbocycles. The fourth-order valence-electron chi connectivity index (χ4n) is 1.61. The number of hydrogen-bond donors (Lipinski definition) is 1. The van der Waals surface area contributed by atoms with E-state index in [2.05, 4.69) is 55.5 Å². The number of benzene rings is 1. The van der Waals surface area contributed by atoms with Crippen LogP contribution in [0.25, 0.3) is 0 Å². The first-order valence-corrected chi connectivity index (χ1v) is 6.31. The number of nitrogens with two attached hydrogens (primary N) is 1. The van der Waals surface area contributed by atoms with Gasteiger partial charge in [0.1, 0.15) is 0 Å². The van der Waals surface area contributed by atoms with Crippen LogP contribution in [0.3, 0.4) is 0 Å². The topological polar surface area (TPSA) is 26.0 Å². The molecule has 2 N–H and O–H groups in total. The number of alkyl halides is 1. The van der Waals surface area contributed by atoms with Crippen LogP contribution >= 0.6 is 22.6 Å². The SMILES string of the molecule is CCCC(I)c1cc(C)c(N)c(C)c1. The first-order chi connectivity index (χ1) is 6.56. The lowest BCUT2D eigenvalue weighted by atomic mass is 10.0. The van der Waals surface area contributed by atoms with Gasteiger partial charge >= 0.3 is 0 Å². The molecular weight excluding hydrogens is 285 g/mol. The average molecular weight is 303 g/mol. The van der Waals surface area contributed by atoms with Crippen molar-refractivity contribution in [2.45, 2.75) is 37.5 Å². The third-order valence-corrected chi connectivity index (χ3v) is 3.86. The molecule has 0 aliphatic heterocycles. The van der Waals surface area contributed by atoms with Gasteiger partial charge in [0.05, 0.1) is 0 Å². The van der Waals surface area contributed by atoms with Crippen molar-refractivity contribution in [1.82, 2.24) is 0 Å². The maximum atomic E-state index is 5.92. The Morgan fingerprint density at radius 1 is 1.29 bits per heavy atom. The molecule has 1 atom stereocenters. The summed E-state index contributed by atoms with van der Waals surface area (Å²) >= 11 is 2.51. The Morgan fingerprint density at radius 3 is 2.21 bits per heavy atom. The standard InChI is InChI=1S/C12H18IN/c1-4-5-11(13)10-6-8(2)12(14)9(3)7-10/h6-7,11H,4-5,14H2,1-3H3. The van der Waals surface area contributed by atoms with E-state index < -0.39 is 0 Å². The largest absolute Gasteiger partial charge is 0.398 e. The van der Waals surface area contributed by atoms with Crippen molar-refractivity contribution < 1.29 is 0 Å². The summed E-state index contributed by atoms with van der Waals surface area (Å²) in [5.41, 5.74) is 10.7. The first kappa shape index (κ1) is 11.8. The van der Waals surface area contributed by atoms with Gasteiger partial charge in [0.25, 0.3) is 0 Å². The number of hydrogen-bond acceptors (Lipinski definition) is 1. The van der Waals surface area contributed by atoms with E-state index in [9.17, 15) is 0 Å². The fraction of sp³-hybridized carbons (Fsp3) is 0.500. The van der Waals surface area contributed by atoms with E-state index in [1.165, 1.54) is 29.5 Å². The zero-order valence-electron chi connectivity index (χ0n) is 9.10. The van der Waals surface area contributed by atoms with Gasteiger partial charge in [0, 0.05) is 9.61 Å². The molecule has 1 unspecified atom stereocenters. The van der Waals surface area contributed by atoms with Gasteiger partial charge < -0.3 is 5.73 Å². The molecule has 0 aliphatic rings. The Labute approximate surface area is 100 Å². The van der Waals surface area contributed by atoms with Crippen molar-refractivity contribution in [1.29, 1.82) is 0 Å². The molecule has 78 valence electrons. The number of rotatable bonds is 3. The second-order valence-electron chi connectivity index (χ2n) is 3.82. The summed E-state index contributed by atoms with van der Waals surface area (Å²) in [6, 6.07) is 4.43. The number of nitrogen functional groups attached to an aromatic ring is 1. The van der Waals surface area contributed by atoms with E-state index >= 15 is 0 Å². The summed E-state index contributed by atoms with van der Waals surface area (Å²) in [4.78, 5) is 0. The summed E-state index contributed by atoms with van der Waals surface area (Å²) in [5.74, 6) is 0. The van der Waals surface area contributed by atoms with Crippen LogP contribution in [-0.2, 0) is 0 Å². The van der Waals surface area contributed by atoms with Crippen molar-refractivity contribution in [3.8, 4) is 0 Å². The van der Waals surface area contributed by atoms with Crippen LogP contribution in [-0.4, -0.2) is 0 Å². The molecule has 1 aromatic rings. The number of anilines is 1. The second-order valence-corrected chi connectivity index (χ2v) is 5.33. The van der Waals surface area contributed by atoms with Gasteiger partial charge in [0.2, 0.25) is 0 Å². The molecule has 0 bridgehead atoms. The summed E-state index contributed by atoms with van der Waals surface area (Å²) < 4.78 is 0.621. The van der Waals surface area contributed by atoms with E-state index in [-0.39, 0.29) is 0 Å². The minimum atomic E-state index is 0.621. The predicted molar refractivity (Wildman–Crippen MR) is 72.0 cm³/mol. The summed E-state index contributed by atoms with van der Waals surface area (Å²) in [5, 5.41) is 0. The Kier molecular flexibility index (Phi) is 4.23. The molecule has 0 saturated heterocycles. The molecule has 0 heterocycles. The van der Waals surface area contributed by atoms with Crippen molar-refractivity contribution >= 4 is 28.3 Å². The molecular formula is C12H18IN. The van der Waals surface area contributed by atoms with Crippen LogP contribution in [0, 0.1) is 13.8 Å². The lowest BCUT2D eigenvalue weighted by Gasteiger charge is -2.13. The highest BCUT2D eigenvalue weighted by atomic mass is 127. The van der Waals surface area contributed by atoms with Gasteiger partial charge in [-0.3, -0.25) is 0 Å². The van der Waals surface area contributed by atoms with Gasteiger partial charge in [-0.25, -0.2) is 0 Å². The van der Waals surface area contributed by atoms with Gasteiger partial charge in [-0.05, 0) is 37.0 Å².